The van der Waals surface area contributed by atoms with Gasteiger partial charge in [-0.3, -0.25) is 0 Å². The molecule has 1 aromatic rings. The van der Waals surface area contributed by atoms with Crippen molar-refractivity contribution in [3.05, 3.63) is 29.2 Å². The maximum atomic E-state index is 10.7. The lowest BCUT2D eigenvalue weighted by molar-refractivity contribution is -0.428. The Labute approximate surface area is 65.6 Å². The van der Waals surface area contributed by atoms with E-state index in [1.165, 1.54) is 7.05 Å². The van der Waals surface area contributed by atoms with Crippen molar-refractivity contribution in [1.82, 2.24) is 0 Å². The van der Waals surface area contributed by atoms with Crippen LogP contribution in [-0.4, -0.2) is 18.9 Å². The zero-order valence-electron chi connectivity index (χ0n) is 6.66. The highest BCUT2D eigenvalue weighted by Crippen LogP contribution is 2.13. The van der Waals surface area contributed by atoms with Gasteiger partial charge >= 0.3 is 0 Å². The van der Waals surface area contributed by atoms with Crippen molar-refractivity contribution < 1.29 is 4.76 Å². The lowest BCUT2D eigenvalue weighted by Crippen LogP contribution is -1.91. The number of hydrogen-bond donors (Lipinski definition) is 1. The van der Waals surface area contributed by atoms with E-state index in [1.54, 1.807) is 12.1 Å². The van der Waals surface area contributed by atoms with Crippen molar-refractivity contribution in [2.75, 3.05) is 19.4 Å². The molecule has 0 spiro atoms. The van der Waals surface area contributed by atoms with Crippen LogP contribution < -0.4 is 5.32 Å². The van der Waals surface area contributed by atoms with Crippen molar-refractivity contribution in [1.29, 1.82) is 0 Å². The number of nitroso groups, excluding NO2 is 1. The molecule has 0 atom stereocenters. The Morgan fingerprint density at radius 1 is 1.27 bits per heavy atom. The van der Waals surface area contributed by atoms with E-state index in [-0.39, 0.29) is 0 Å². The van der Waals surface area contributed by atoms with E-state index in [1.807, 2.05) is 19.2 Å². The van der Waals surface area contributed by atoms with Gasteiger partial charge in [0.05, 0.1) is 0 Å². The molecule has 0 unspecified atom stereocenters. The Bertz CT molecular complexity index is 253. The summed E-state index contributed by atoms with van der Waals surface area (Å²) in [5, 5.41) is 2.97. The maximum absolute atomic E-state index is 10.7. The third-order valence-electron chi connectivity index (χ3n) is 1.52. The molecule has 1 rings (SSSR count). The number of nitrogens with zero attached hydrogens (tertiary/aromatic N) is 1. The zero-order valence-corrected chi connectivity index (χ0v) is 6.66. The minimum absolute atomic E-state index is 0.670. The first kappa shape index (κ1) is 7.72. The normalized spacial score (nSPS) is 9.27. The van der Waals surface area contributed by atoms with Gasteiger partial charge in [-0.05, 0) is 12.1 Å². The molecule has 0 saturated carbocycles. The van der Waals surface area contributed by atoms with Gasteiger partial charge in [-0.25, -0.2) is 0 Å². The van der Waals surface area contributed by atoms with Crippen molar-refractivity contribution in [3.63, 3.8) is 0 Å². The summed E-state index contributed by atoms with van der Waals surface area (Å²) < 4.78 is 0.833. The predicted octanol–water partition coefficient (Wildman–Crippen LogP) is 1.77. The Balaban J connectivity index is 2.91. The average molecular weight is 151 g/mol. The highest BCUT2D eigenvalue weighted by Gasteiger charge is 2.03. The van der Waals surface area contributed by atoms with Crippen LogP contribution in [-0.2, 0) is 0 Å². The third kappa shape index (κ3) is 1.77. The first-order valence-electron chi connectivity index (χ1n) is 3.42. The van der Waals surface area contributed by atoms with Crippen LogP contribution >= 0.6 is 0 Å². The van der Waals surface area contributed by atoms with Crippen LogP contribution in [0.4, 0.5) is 11.4 Å². The molecule has 0 aliphatic heterocycles. The molecule has 0 heterocycles. The number of benzene rings is 1. The molecule has 0 radical (unpaired) electrons. The van der Waals surface area contributed by atoms with Gasteiger partial charge in [0.15, 0.2) is 7.05 Å². The first-order chi connectivity index (χ1) is 5.24. The Hall–Kier alpha value is -1.38. The summed E-state index contributed by atoms with van der Waals surface area (Å²) in [4.78, 5) is 10.7. The highest BCUT2D eigenvalue weighted by atomic mass is 16.3. The van der Waals surface area contributed by atoms with Gasteiger partial charge in [0, 0.05) is 34.5 Å². The number of hydrogen-bond acceptors (Lipinski definition) is 2. The summed E-state index contributed by atoms with van der Waals surface area (Å²) in [6.07, 6.45) is 0. The van der Waals surface area contributed by atoms with Crippen LogP contribution in [0.2, 0.25) is 0 Å². The van der Waals surface area contributed by atoms with Crippen LogP contribution in [0.5, 0.6) is 0 Å². The van der Waals surface area contributed by atoms with Gasteiger partial charge in [0.25, 0.3) is 5.69 Å². The van der Waals surface area contributed by atoms with Gasteiger partial charge in [-0.15, -0.1) is 0 Å². The molecule has 1 N–H and O–H groups in total. The molecular formula is C8H11N2O+. The fourth-order valence-corrected chi connectivity index (χ4v) is 0.838. The number of nitrogens with one attached hydrogen (secondary N) is 1. The van der Waals surface area contributed by atoms with Gasteiger partial charge < -0.3 is 5.32 Å². The van der Waals surface area contributed by atoms with E-state index in [0.717, 1.165) is 10.4 Å². The fraction of sp³-hybridized carbons (Fsp3) is 0.250. The highest BCUT2D eigenvalue weighted by molar-refractivity contribution is 5.47. The predicted molar refractivity (Wildman–Crippen MR) is 45.2 cm³/mol. The molecule has 11 heavy (non-hydrogen) atoms. The second-order valence-corrected chi connectivity index (χ2v) is 2.29. The van der Waals surface area contributed by atoms with Crippen LogP contribution in [0.15, 0.2) is 24.3 Å². The largest absolute Gasteiger partial charge is 0.388 e. The molecule has 0 aliphatic rings. The standard InChI is InChI=1S/C8H11N2O/c1-9-7-3-5-8(6-4-7)10(2)11/h3-6,9H,1-2H3/q+1. The maximum Gasteiger partial charge on any atom is 0.255 e. The zero-order chi connectivity index (χ0) is 8.27. The second kappa shape index (κ2) is 3.14. The summed E-state index contributed by atoms with van der Waals surface area (Å²) in [7, 11) is 3.32. The Morgan fingerprint density at radius 2 is 1.82 bits per heavy atom. The summed E-state index contributed by atoms with van der Waals surface area (Å²) in [5.74, 6) is 0. The minimum Gasteiger partial charge on any atom is -0.388 e. The van der Waals surface area contributed by atoms with Gasteiger partial charge in [-0.1, -0.05) is 0 Å². The van der Waals surface area contributed by atoms with Crippen molar-refractivity contribution in [2.45, 2.75) is 0 Å². The molecule has 0 aliphatic carbocycles. The van der Waals surface area contributed by atoms with Crippen LogP contribution in [0.1, 0.15) is 0 Å². The molecular weight excluding hydrogens is 140 g/mol. The summed E-state index contributed by atoms with van der Waals surface area (Å²) >= 11 is 0. The van der Waals surface area contributed by atoms with Gasteiger partial charge in [0.2, 0.25) is 0 Å². The molecule has 3 nitrogen and oxygen atoms in total. The number of anilines is 1. The van der Waals surface area contributed by atoms with Gasteiger partial charge in [-0.2, -0.15) is 0 Å². The van der Waals surface area contributed by atoms with E-state index in [4.69, 9.17) is 0 Å². The molecule has 3 heteroatoms. The summed E-state index contributed by atoms with van der Waals surface area (Å²) in [5.41, 5.74) is 1.68. The fourth-order valence-electron chi connectivity index (χ4n) is 0.838. The van der Waals surface area contributed by atoms with Crippen LogP contribution in [0.3, 0.4) is 0 Å². The molecule has 1 aromatic carbocycles. The monoisotopic (exact) mass is 151 g/mol. The Morgan fingerprint density at radius 3 is 2.18 bits per heavy atom. The van der Waals surface area contributed by atoms with E-state index in [0.29, 0.717) is 5.69 Å². The Kier molecular flexibility index (Phi) is 2.21. The summed E-state index contributed by atoms with van der Waals surface area (Å²) in [6, 6.07) is 7.28. The molecule has 0 fully saturated rings. The van der Waals surface area contributed by atoms with Gasteiger partial charge in [0.1, 0.15) is 0 Å². The lowest BCUT2D eigenvalue weighted by atomic mass is 10.3. The van der Waals surface area contributed by atoms with Crippen LogP contribution in [0, 0.1) is 4.91 Å². The quantitative estimate of drug-likeness (QED) is 0.653. The van der Waals surface area contributed by atoms with Crippen molar-refractivity contribution >= 4 is 11.4 Å². The molecule has 0 saturated heterocycles. The topological polar surface area (TPSA) is 32.1 Å². The average Bonchev–Trinajstić information content (AvgIpc) is 2.05. The van der Waals surface area contributed by atoms with Crippen molar-refractivity contribution in [3.8, 4) is 0 Å². The van der Waals surface area contributed by atoms with Crippen LogP contribution in [0.25, 0.3) is 0 Å². The third-order valence-corrected chi connectivity index (χ3v) is 1.52. The molecule has 0 bridgehead atoms. The van der Waals surface area contributed by atoms with Crippen molar-refractivity contribution in [2.24, 2.45) is 0 Å². The molecule has 58 valence electrons. The van der Waals surface area contributed by atoms with E-state index >= 15 is 0 Å². The SMILES string of the molecule is CNc1ccc([N+](C)=O)cc1. The molecule has 0 aromatic heterocycles. The first-order valence-corrected chi connectivity index (χ1v) is 3.42. The minimum atomic E-state index is 0.670. The second-order valence-electron chi connectivity index (χ2n) is 2.29. The van der Waals surface area contributed by atoms with E-state index in [9.17, 15) is 4.91 Å². The summed E-state index contributed by atoms with van der Waals surface area (Å²) in [6.45, 7) is 0. The molecule has 0 amide bonds. The smallest absolute Gasteiger partial charge is 0.255 e. The van der Waals surface area contributed by atoms with E-state index in [2.05, 4.69) is 5.32 Å². The van der Waals surface area contributed by atoms with E-state index < -0.39 is 0 Å². The number of rotatable bonds is 2. The lowest BCUT2D eigenvalue weighted by Gasteiger charge is -1.95.